The lowest BCUT2D eigenvalue weighted by molar-refractivity contribution is -0.917. The van der Waals surface area contributed by atoms with Crippen LogP contribution < -0.4 is 31.9 Å². The van der Waals surface area contributed by atoms with E-state index in [1.165, 1.54) is 0 Å². The molecule has 0 atom stereocenters. The monoisotopic (exact) mass is 697 g/mol. The van der Waals surface area contributed by atoms with Crippen molar-refractivity contribution in [1.82, 2.24) is 0 Å². The highest BCUT2D eigenvalue weighted by molar-refractivity contribution is 5.66. The molecule has 0 aliphatic carbocycles. The first kappa shape index (κ1) is 55.1. The highest BCUT2D eigenvalue weighted by atomic mass is 16.4. The number of hydrogen-bond donors (Lipinski definition) is 2. The lowest BCUT2D eigenvalue weighted by Gasteiger charge is -2.35. The quantitative estimate of drug-likeness (QED) is 0.119. The second-order valence-electron chi connectivity index (χ2n) is 11.9. The highest BCUT2D eigenvalue weighted by Crippen LogP contribution is 2.06. The van der Waals surface area contributed by atoms with E-state index in [9.17, 15) is 39.6 Å². The van der Waals surface area contributed by atoms with Gasteiger partial charge in [-0.15, -0.1) is 0 Å². The predicted octanol–water partition coefficient (Wildman–Crippen LogP) is -2.65. The van der Waals surface area contributed by atoms with Gasteiger partial charge in [-0.25, -0.2) is 0 Å². The summed E-state index contributed by atoms with van der Waals surface area (Å²) >= 11 is 0. The summed E-state index contributed by atoms with van der Waals surface area (Å²) in [6.07, 6.45) is 0. The molecule has 4 N–H and O–H groups in total. The Kier molecular flexibility index (Phi) is 36.6. The topological polar surface area (TPSA) is 213 Å². The highest BCUT2D eigenvalue weighted by Gasteiger charge is 2.22. The first-order valence-electron chi connectivity index (χ1n) is 17.9. The number of carboxylic acids is 4. The lowest BCUT2D eigenvalue weighted by atomic mass is 10.3. The maximum atomic E-state index is 10.4. The molecule has 0 radical (unpaired) electrons. The van der Waals surface area contributed by atoms with E-state index >= 15 is 0 Å². The van der Waals surface area contributed by atoms with Crippen molar-refractivity contribution < 1.29 is 57.5 Å². The maximum absolute atomic E-state index is 10.4. The van der Waals surface area contributed by atoms with Crippen LogP contribution in [-0.2, 0) is 19.2 Å². The van der Waals surface area contributed by atoms with Crippen molar-refractivity contribution in [2.24, 2.45) is 11.5 Å². The van der Waals surface area contributed by atoms with Crippen molar-refractivity contribution in [3.63, 3.8) is 0 Å². The predicted molar refractivity (Wildman–Crippen MR) is 185 cm³/mol. The van der Waals surface area contributed by atoms with Crippen LogP contribution in [0, 0.1) is 0 Å². The summed E-state index contributed by atoms with van der Waals surface area (Å²) in [5, 5.41) is 41.5. The molecule has 290 valence electrons. The van der Waals surface area contributed by atoms with Crippen LogP contribution in [-0.4, -0.2) is 160 Å². The minimum absolute atomic E-state index is 0.142. The van der Waals surface area contributed by atoms with Gasteiger partial charge in [-0.1, -0.05) is 0 Å². The van der Waals surface area contributed by atoms with Gasteiger partial charge in [0.2, 0.25) is 0 Å². The van der Waals surface area contributed by atoms with Gasteiger partial charge in [0, 0.05) is 13.1 Å². The van der Waals surface area contributed by atoms with Crippen LogP contribution in [0.25, 0.3) is 0 Å². The molecule has 0 heterocycles. The number of hydrogen-bond acceptors (Lipinski definition) is 10. The average molecular weight is 697 g/mol. The van der Waals surface area contributed by atoms with Crippen molar-refractivity contribution in [1.29, 1.82) is 0 Å². The van der Waals surface area contributed by atoms with E-state index < -0.39 is 23.9 Å². The maximum Gasteiger partial charge on any atom is 0.119 e. The molecule has 0 rings (SSSR count). The van der Waals surface area contributed by atoms with Crippen molar-refractivity contribution in [2.45, 2.75) is 83.1 Å². The smallest absolute Gasteiger partial charge is 0.119 e. The molecule has 14 heteroatoms. The van der Waals surface area contributed by atoms with Gasteiger partial charge in [0.25, 0.3) is 0 Å². The largest absolute Gasteiger partial charge is 0.544 e. The summed E-state index contributed by atoms with van der Waals surface area (Å²) in [6, 6.07) is 0. The van der Waals surface area contributed by atoms with E-state index in [-0.39, 0.29) is 26.2 Å². The molecule has 0 amide bonds. The van der Waals surface area contributed by atoms with Gasteiger partial charge in [0.05, 0.1) is 102 Å². The SMILES string of the molecule is CC[N+](CC)(CC)CC(=O)[O-].CC[N+](CC)(CC)CC(=O)[O-].CC[N+](CC)(CC)CC(=O)[O-].CC[N+](CC)(CC)CC(=O)[O-].NCCN. The summed E-state index contributed by atoms with van der Waals surface area (Å²) in [6.45, 7) is 36.2. The van der Waals surface area contributed by atoms with Crippen molar-refractivity contribution in [3.05, 3.63) is 0 Å². The number of likely N-dealkylation sites (N-methyl/N-ethyl adjacent to an activating group) is 4. The first-order valence-corrected chi connectivity index (χ1v) is 17.9. The molecule has 0 saturated heterocycles. The van der Waals surface area contributed by atoms with Gasteiger partial charge in [0.1, 0.15) is 26.2 Å². The summed E-state index contributed by atoms with van der Waals surface area (Å²) in [4.78, 5) is 41.5. The molecule has 0 unspecified atom stereocenters. The zero-order valence-electron chi connectivity index (χ0n) is 32.9. The normalized spacial score (nSPS) is 11.2. The second-order valence-corrected chi connectivity index (χ2v) is 11.9. The Bertz CT molecular complexity index is 650. The molecule has 0 aromatic heterocycles. The Balaban J connectivity index is -0.000000165. The third kappa shape index (κ3) is 26.6. The molecule has 0 aromatic rings. The van der Waals surface area contributed by atoms with Crippen LogP contribution in [0.15, 0.2) is 0 Å². The Hall–Kier alpha value is -2.36. The minimum Gasteiger partial charge on any atom is -0.544 e. The fourth-order valence-corrected chi connectivity index (χ4v) is 5.12. The molecule has 0 aromatic carbocycles. The molecule has 14 nitrogen and oxygen atoms in total. The molecule has 48 heavy (non-hydrogen) atoms. The van der Waals surface area contributed by atoms with E-state index in [1.807, 2.05) is 83.1 Å². The van der Waals surface area contributed by atoms with Crippen LogP contribution in [0.5, 0.6) is 0 Å². The van der Waals surface area contributed by atoms with Crippen molar-refractivity contribution in [3.8, 4) is 0 Å². The number of nitrogens with two attached hydrogens (primary N) is 2. The molecule has 0 saturated carbocycles. The number of carbonyl (C=O) groups excluding carboxylic acids is 4. The molecular weight excluding hydrogens is 620 g/mol. The Labute approximate surface area is 293 Å². The number of carboxylic acid groups (broad SMARTS) is 4. The fraction of sp³-hybridized carbons (Fsp3) is 0.882. The minimum atomic E-state index is -0.949. The van der Waals surface area contributed by atoms with E-state index in [1.54, 1.807) is 0 Å². The van der Waals surface area contributed by atoms with Crippen LogP contribution >= 0.6 is 0 Å². The molecule has 0 aliphatic rings. The van der Waals surface area contributed by atoms with E-state index in [2.05, 4.69) is 0 Å². The third-order valence-electron chi connectivity index (χ3n) is 10.1. The van der Waals surface area contributed by atoms with E-state index in [4.69, 9.17) is 11.5 Å². The second kappa shape index (κ2) is 31.9. The van der Waals surface area contributed by atoms with E-state index in [0.29, 0.717) is 31.0 Å². The summed E-state index contributed by atoms with van der Waals surface area (Å²) in [5.41, 5.74) is 9.81. The van der Waals surface area contributed by atoms with Gasteiger partial charge in [0.15, 0.2) is 0 Å². The molecule has 0 bridgehead atoms. The van der Waals surface area contributed by atoms with Gasteiger partial charge in [-0.3, -0.25) is 0 Å². The lowest BCUT2D eigenvalue weighted by Crippen LogP contribution is -2.53. The zero-order valence-corrected chi connectivity index (χ0v) is 32.9. The van der Waals surface area contributed by atoms with Crippen molar-refractivity contribution >= 4 is 23.9 Å². The number of carbonyl (C=O) groups is 4. The number of quaternary nitrogens is 4. The third-order valence-corrected chi connectivity index (χ3v) is 10.1. The number of aliphatic carboxylic acids is 4. The zero-order chi connectivity index (χ0) is 39.0. The van der Waals surface area contributed by atoms with Gasteiger partial charge in [-0.2, -0.15) is 0 Å². The van der Waals surface area contributed by atoms with Crippen LogP contribution in [0.1, 0.15) is 83.1 Å². The Morgan fingerprint density at radius 2 is 0.438 bits per heavy atom. The molecular formula is C34H76N6O8. The van der Waals surface area contributed by atoms with Gasteiger partial charge in [-0.05, 0) is 83.1 Å². The average Bonchev–Trinajstić information content (AvgIpc) is 3.08. The summed E-state index contributed by atoms with van der Waals surface area (Å²) in [7, 11) is 0. The summed E-state index contributed by atoms with van der Waals surface area (Å²) < 4.78 is 2.51. The standard InChI is InChI=1S/4C8H17NO2.C2H8N2/c4*1-4-9(5-2,6-3)7-8(10)11;3-1-2-4/h4*4-7H2,1-3H3;1-4H2. The van der Waals surface area contributed by atoms with Crippen LogP contribution in [0.3, 0.4) is 0 Å². The Morgan fingerprint density at radius 3 is 0.458 bits per heavy atom. The number of rotatable bonds is 21. The first-order chi connectivity index (χ1) is 22.3. The fourth-order valence-electron chi connectivity index (χ4n) is 5.12. The molecule has 0 aliphatic heterocycles. The molecule has 0 fully saturated rings. The van der Waals surface area contributed by atoms with Gasteiger partial charge >= 0.3 is 0 Å². The van der Waals surface area contributed by atoms with Crippen LogP contribution in [0.4, 0.5) is 0 Å². The van der Waals surface area contributed by atoms with Gasteiger partial charge < -0.3 is 69.0 Å². The summed E-state index contributed by atoms with van der Waals surface area (Å²) in [5.74, 6) is -3.79. The van der Waals surface area contributed by atoms with Crippen LogP contribution in [0.2, 0.25) is 0 Å². The number of nitrogens with zero attached hydrogens (tertiary/aromatic N) is 4. The van der Waals surface area contributed by atoms with Crippen molar-refractivity contribution in [2.75, 3.05) is 118 Å². The van der Waals surface area contributed by atoms with E-state index in [0.717, 1.165) is 78.5 Å². The molecule has 0 spiro atoms. The Morgan fingerprint density at radius 1 is 0.333 bits per heavy atom.